The third kappa shape index (κ3) is 3.31. The molecule has 3 N–H and O–H groups in total. The number of hydrogen-bond donors (Lipinski definition) is 2. The number of likely N-dealkylation sites (tertiary alicyclic amines) is 1. The van der Waals surface area contributed by atoms with Crippen LogP contribution in [0.1, 0.15) is 35.1 Å². The molecule has 4 rings (SSSR count). The predicted molar refractivity (Wildman–Crippen MR) is 106 cm³/mol. The van der Waals surface area contributed by atoms with Gasteiger partial charge in [0.05, 0.1) is 18.0 Å². The fourth-order valence-corrected chi connectivity index (χ4v) is 4.95. The van der Waals surface area contributed by atoms with Gasteiger partial charge >= 0.3 is 0 Å². The second-order valence-corrected chi connectivity index (χ2v) is 8.04. The van der Waals surface area contributed by atoms with Gasteiger partial charge in [0.15, 0.2) is 0 Å². The number of carbonyl (C=O) groups excluding carboxylic acids is 1. The zero-order chi connectivity index (χ0) is 19.8. The molecular formula is C19H23N5O3S. The van der Waals surface area contributed by atoms with Gasteiger partial charge < -0.3 is 15.6 Å². The fourth-order valence-electron chi connectivity index (χ4n) is 3.78. The molecule has 1 aliphatic rings. The maximum Gasteiger partial charge on any atom is 0.230 e. The number of thiazole rings is 1. The molecule has 0 aliphatic carbocycles. The molecule has 28 heavy (non-hydrogen) atoms. The Kier molecular flexibility index (Phi) is 4.94. The van der Waals surface area contributed by atoms with Gasteiger partial charge in [-0.3, -0.25) is 9.69 Å². The molecule has 1 unspecified atom stereocenters. The minimum atomic E-state index is -0.238. The van der Waals surface area contributed by atoms with Crippen LogP contribution in [0.15, 0.2) is 24.3 Å². The molecule has 1 aromatic carbocycles. The Hall–Kier alpha value is -2.65. The van der Waals surface area contributed by atoms with Crippen LogP contribution in [0.2, 0.25) is 0 Å². The lowest BCUT2D eigenvalue weighted by Crippen LogP contribution is -2.40. The zero-order valence-electron chi connectivity index (χ0n) is 15.8. The number of aromatic nitrogens is 3. The standard InChI is InChI=1S/C19H23N5O3S/c1-11-21-19-24(22-11)18(26)16(28-19)15(12-3-5-14(27-2)6-4-12)23-9-7-13(8-10-23)17(20)25/h3-6,13,15,26H,7-10H2,1-2H3,(H2,20,25). The van der Waals surface area contributed by atoms with Crippen molar-refractivity contribution < 1.29 is 14.6 Å². The summed E-state index contributed by atoms with van der Waals surface area (Å²) in [6, 6.07) is 7.68. The number of nitrogens with zero attached hydrogens (tertiary/aromatic N) is 4. The number of rotatable bonds is 5. The van der Waals surface area contributed by atoms with Crippen molar-refractivity contribution in [3.05, 3.63) is 40.5 Å². The largest absolute Gasteiger partial charge is 0.497 e. The maximum atomic E-state index is 11.5. The summed E-state index contributed by atoms with van der Waals surface area (Å²) in [5.41, 5.74) is 6.53. The van der Waals surface area contributed by atoms with E-state index in [0.29, 0.717) is 23.6 Å². The number of aryl methyl sites for hydroxylation is 1. The summed E-state index contributed by atoms with van der Waals surface area (Å²) in [5.74, 6) is 1.18. The second kappa shape index (κ2) is 7.40. The van der Waals surface area contributed by atoms with Crippen molar-refractivity contribution in [2.24, 2.45) is 11.7 Å². The molecule has 3 heterocycles. The van der Waals surface area contributed by atoms with Crippen molar-refractivity contribution in [1.82, 2.24) is 19.5 Å². The molecule has 1 saturated heterocycles. The lowest BCUT2D eigenvalue weighted by molar-refractivity contribution is -0.123. The van der Waals surface area contributed by atoms with Crippen molar-refractivity contribution in [1.29, 1.82) is 0 Å². The molecule has 0 radical (unpaired) electrons. The average molecular weight is 401 g/mol. The van der Waals surface area contributed by atoms with Crippen molar-refractivity contribution in [2.45, 2.75) is 25.8 Å². The van der Waals surface area contributed by atoms with Gasteiger partial charge in [-0.25, -0.2) is 4.98 Å². The number of primary amides is 1. The Balaban J connectivity index is 1.73. The first-order chi connectivity index (χ1) is 13.5. The van der Waals surface area contributed by atoms with Crippen molar-refractivity contribution >= 4 is 22.2 Å². The van der Waals surface area contributed by atoms with Crippen LogP contribution in [0.4, 0.5) is 0 Å². The van der Waals surface area contributed by atoms with E-state index in [-0.39, 0.29) is 23.7 Å². The average Bonchev–Trinajstić information content (AvgIpc) is 3.20. The molecule has 0 saturated carbocycles. The molecule has 1 amide bonds. The molecule has 1 fully saturated rings. The van der Waals surface area contributed by atoms with Gasteiger partial charge in [-0.1, -0.05) is 23.5 Å². The van der Waals surface area contributed by atoms with E-state index in [9.17, 15) is 9.90 Å². The van der Waals surface area contributed by atoms with Gasteiger partial charge in [0.1, 0.15) is 11.6 Å². The van der Waals surface area contributed by atoms with Gasteiger partial charge in [0.2, 0.25) is 16.7 Å². The van der Waals surface area contributed by atoms with Gasteiger partial charge in [0, 0.05) is 5.92 Å². The van der Waals surface area contributed by atoms with Crippen LogP contribution in [0.25, 0.3) is 4.96 Å². The van der Waals surface area contributed by atoms with Gasteiger partial charge in [-0.2, -0.15) is 4.52 Å². The summed E-state index contributed by atoms with van der Waals surface area (Å²) < 4.78 is 6.77. The Morgan fingerprint density at radius 3 is 2.57 bits per heavy atom. The molecular weight excluding hydrogens is 378 g/mol. The van der Waals surface area contributed by atoms with Crippen molar-refractivity contribution in [3.8, 4) is 11.6 Å². The number of amides is 1. The van der Waals surface area contributed by atoms with Crippen LogP contribution in [0.3, 0.4) is 0 Å². The number of ether oxygens (including phenoxy) is 1. The Bertz CT molecular complexity index is 989. The molecule has 148 valence electrons. The van der Waals surface area contributed by atoms with E-state index >= 15 is 0 Å². The highest BCUT2D eigenvalue weighted by atomic mass is 32.1. The normalized spacial score (nSPS) is 17.1. The number of carbonyl (C=O) groups is 1. The molecule has 1 aliphatic heterocycles. The quantitative estimate of drug-likeness (QED) is 0.678. The van der Waals surface area contributed by atoms with Crippen LogP contribution < -0.4 is 10.5 Å². The highest BCUT2D eigenvalue weighted by Crippen LogP contribution is 2.41. The van der Waals surface area contributed by atoms with Crippen molar-refractivity contribution in [2.75, 3.05) is 20.2 Å². The third-order valence-electron chi connectivity index (χ3n) is 5.28. The summed E-state index contributed by atoms with van der Waals surface area (Å²) in [6.45, 7) is 3.24. The first-order valence-electron chi connectivity index (χ1n) is 9.20. The summed E-state index contributed by atoms with van der Waals surface area (Å²) in [5, 5.41) is 15.1. The van der Waals surface area contributed by atoms with E-state index in [1.54, 1.807) is 14.0 Å². The van der Waals surface area contributed by atoms with Gasteiger partial charge in [0.25, 0.3) is 0 Å². The number of aromatic hydroxyl groups is 1. The molecule has 0 spiro atoms. The van der Waals surface area contributed by atoms with Crippen LogP contribution in [0, 0.1) is 12.8 Å². The first kappa shape index (κ1) is 18.7. The first-order valence-corrected chi connectivity index (χ1v) is 10.0. The van der Waals surface area contributed by atoms with Crippen molar-refractivity contribution in [3.63, 3.8) is 0 Å². The van der Waals surface area contributed by atoms with Crippen LogP contribution >= 0.6 is 11.3 Å². The number of methoxy groups -OCH3 is 1. The SMILES string of the molecule is COc1ccc(C(c2sc3nc(C)nn3c2O)N2CCC(C(N)=O)CC2)cc1. The van der Waals surface area contributed by atoms with Crippen LogP contribution in [-0.2, 0) is 4.79 Å². The molecule has 3 aromatic rings. The fraction of sp³-hybridized carbons (Fsp3) is 0.421. The Labute approximate surface area is 166 Å². The zero-order valence-corrected chi connectivity index (χ0v) is 16.6. The smallest absolute Gasteiger partial charge is 0.230 e. The van der Waals surface area contributed by atoms with E-state index in [2.05, 4.69) is 15.0 Å². The minimum Gasteiger partial charge on any atom is -0.497 e. The van der Waals surface area contributed by atoms with Crippen LogP contribution in [-0.4, -0.2) is 50.7 Å². The van der Waals surface area contributed by atoms with E-state index in [1.165, 1.54) is 15.9 Å². The summed E-state index contributed by atoms with van der Waals surface area (Å²) in [4.78, 5) is 19.7. The van der Waals surface area contributed by atoms with Gasteiger partial charge in [-0.05, 0) is 50.6 Å². The van der Waals surface area contributed by atoms with E-state index < -0.39 is 0 Å². The summed E-state index contributed by atoms with van der Waals surface area (Å²) in [6.07, 6.45) is 1.42. The topological polar surface area (TPSA) is 106 Å². The lowest BCUT2D eigenvalue weighted by atomic mass is 9.93. The number of hydrogen-bond acceptors (Lipinski definition) is 7. The maximum absolute atomic E-state index is 11.5. The van der Waals surface area contributed by atoms with Gasteiger partial charge in [-0.15, -0.1) is 5.10 Å². The second-order valence-electron chi connectivity index (χ2n) is 7.03. The molecule has 8 nitrogen and oxygen atoms in total. The van der Waals surface area contributed by atoms with E-state index in [0.717, 1.165) is 29.3 Å². The highest BCUT2D eigenvalue weighted by Gasteiger charge is 2.33. The van der Waals surface area contributed by atoms with Crippen LogP contribution in [0.5, 0.6) is 11.6 Å². The molecule has 1 atom stereocenters. The molecule has 0 bridgehead atoms. The Morgan fingerprint density at radius 1 is 1.32 bits per heavy atom. The molecule has 9 heteroatoms. The number of benzene rings is 1. The molecule has 2 aromatic heterocycles. The van der Waals surface area contributed by atoms with E-state index in [1.807, 2.05) is 24.3 Å². The highest BCUT2D eigenvalue weighted by molar-refractivity contribution is 7.17. The van der Waals surface area contributed by atoms with E-state index in [4.69, 9.17) is 10.5 Å². The minimum absolute atomic E-state index is 0.0914. The summed E-state index contributed by atoms with van der Waals surface area (Å²) >= 11 is 1.43. The lowest BCUT2D eigenvalue weighted by Gasteiger charge is -2.36. The third-order valence-corrected chi connectivity index (χ3v) is 6.36. The Morgan fingerprint density at radius 2 is 2.00 bits per heavy atom. The number of piperidine rings is 1. The number of nitrogens with two attached hydrogens (primary N) is 1. The number of fused-ring (bicyclic) bond motifs is 1. The predicted octanol–water partition coefficient (Wildman–Crippen LogP) is 2.10. The monoisotopic (exact) mass is 401 g/mol. The summed E-state index contributed by atoms with van der Waals surface area (Å²) in [7, 11) is 1.63.